The van der Waals surface area contributed by atoms with Crippen molar-refractivity contribution in [1.82, 2.24) is 9.55 Å². The maximum Gasteiger partial charge on any atom is 0.434 e. The first-order chi connectivity index (χ1) is 13.6. The number of benzene rings is 2. The molecular weight excluding hydrogens is 401 g/mol. The smallest absolute Gasteiger partial charge is 0.299 e. The standard InChI is InChI=1S/C21H21F3N2O2S/c1-3-4-5-15-6-10-17(11-7-15)26-14-19(21(22,23)24)25-20(26)16-8-12-18(13-9-16)29(2,27)28/h6-14H,3-5H2,1-2H3. The Bertz CT molecular complexity index is 1080. The Morgan fingerprint density at radius 1 is 1.00 bits per heavy atom. The van der Waals surface area contributed by atoms with Crippen molar-refractivity contribution in [1.29, 1.82) is 0 Å². The third kappa shape index (κ3) is 4.87. The van der Waals surface area contributed by atoms with Crippen molar-refractivity contribution in [3.63, 3.8) is 0 Å². The third-order valence-electron chi connectivity index (χ3n) is 4.57. The van der Waals surface area contributed by atoms with Crippen LogP contribution < -0.4 is 0 Å². The molecule has 0 unspecified atom stereocenters. The van der Waals surface area contributed by atoms with Crippen LogP contribution in [0.3, 0.4) is 0 Å². The Kier molecular flexibility index (Phi) is 5.84. The van der Waals surface area contributed by atoms with Crippen molar-refractivity contribution in [2.45, 2.75) is 37.3 Å². The average Bonchev–Trinajstić information content (AvgIpc) is 3.12. The van der Waals surface area contributed by atoms with Crippen LogP contribution in [0.15, 0.2) is 59.6 Å². The second-order valence-electron chi connectivity index (χ2n) is 6.88. The number of aromatic nitrogens is 2. The first kappa shape index (κ1) is 21.1. The summed E-state index contributed by atoms with van der Waals surface area (Å²) in [6.45, 7) is 2.10. The molecule has 0 aliphatic heterocycles. The second-order valence-corrected chi connectivity index (χ2v) is 8.90. The van der Waals surface area contributed by atoms with E-state index < -0.39 is 21.7 Å². The molecule has 1 aromatic heterocycles. The van der Waals surface area contributed by atoms with Crippen LogP contribution in [0.25, 0.3) is 17.1 Å². The lowest BCUT2D eigenvalue weighted by Crippen LogP contribution is -2.05. The van der Waals surface area contributed by atoms with E-state index in [4.69, 9.17) is 0 Å². The van der Waals surface area contributed by atoms with Gasteiger partial charge in [0.05, 0.1) is 4.90 Å². The van der Waals surface area contributed by atoms with Crippen LogP contribution in [0.4, 0.5) is 13.2 Å². The van der Waals surface area contributed by atoms with Gasteiger partial charge in [-0.25, -0.2) is 13.4 Å². The molecule has 0 radical (unpaired) electrons. The summed E-state index contributed by atoms with van der Waals surface area (Å²) in [7, 11) is -3.40. The van der Waals surface area contributed by atoms with Crippen LogP contribution in [0.5, 0.6) is 0 Å². The Balaban J connectivity index is 2.06. The highest BCUT2D eigenvalue weighted by atomic mass is 32.2. The van der Waals surface area contributed by atoms with Crippen molar-refractivity contribution < 1.29 is 21.6 Å². The van der Waals surface area contributed by atoms with Crippen molar-refractivity contribution in [2.24, 2.45) is 0 Å². The molecule has 2 aromatic carbocycles. The van der Waals surface area contributed by atoms with Crippen LogP contribution in [-0.2, 0) is 22.4 Å². The zero-order valence-electron chi connectivity index (χ0n) is 16.1. The van der Waals surface area contributed by atoms with Gasteiger partial charge in [0, 0.05) is 23.7 Å². The summed E-state index contributed by atoms with van der Waals surface area (Å²) in [5.41, 5.74) is 1.05. The second kappa shape index (κ2) is 8.02. The molecule has 154 valence electrons. The summed E-state index contributed by atoms with van der Waals surface area (Å²) in [6, 6.07) is 13.0. The maximum atomic E-state index is 13.3. The molecule has 0 aliphatic carbocycles. The maximum absolute atomic E-state index is 13.3. The zero-order chi connectivity index (χ0) is 21.2. The lowest BCUT2D eigenvalue weighted by molar-refractivity contribution is -0.140. The first-order valence-electron chi connectivity index (χ1n) is 9.16. The van der Waals surface area contributed by atoms with E-state index in [1.54, 1.807) is 12.1 Å². The molecule has 4 nitrogen and oxygen atoms in total. The van der Waals surface area contributed by atoms with Gasteiger partial charge in [-0.1, -0.05) is 25.5 Å². The number of nitrogens with zero attached hydrogens (tertiary/aromatic N) is 2. The molecule has 0 N–H and O–H groups in total. The van der Waals surface area contributed by atoms with Crippen LogP contribution in [0, 0.1) is 0 Å². The number of aryl methyl sites for hydroxylation is 1. The molecular formula is C21H21F3N2O2S. The van der Waals surface area contributed by atoms with E-state index in [-0.39, 0.29) is 10.7 Å². The number of rotatable bonds is 6. The van der Waals surface area contributed by atoms with Gasteiger partial charge in [0.2, 0.25) is 0 Å². The van der Waals surface area contributed by atoms with Gasteiger partial charge < -0.3 is 0 Å². The Morgan fingerprint density at radius 3 is 2.14 bits per heavy atom. The van der Waals surface area contributed by atoms with E-state index >= 15 is 0 Å². The SMILES string of the molecule is CCCCc1ccc(-n2cc(C(F)(F)F)nc2-c2ccc(S(C)(=O)=O)cc2)cc1. The van der Waals surface area contributed by atoms with E-state index in [0.29, 0.717) is 11.3 Å². The van der Waals surface area contributed by atoms with Crippen molar-refractivity contribution in [3.05, 3.63) is 66.0 Å². The molecule has 1 heterocycles. The Labute approximate surface area is 167 Å². The molecule has 0 bridgehead atoms. The van der Waals surface area contributed by atoms with Crippen molar-refractivity contribution in [2.75, 3.05) is 6.26 Å². The van der Waals surface area contributed by atoms with Crippen LogP contribution >= 0.6 is 0 Å². The molecule has 3 rings (SSSR count). The molecule has 3 aromatic rings. The number of hydrogen-bond acceptors (Lipinski definition) is 3. The van der Waals surface area contributed by atoms with E-state index in [2.05, 4.69) is 11.9 Å². The molecule has 8 heteroatoms. The monoisotopic (exact) mass is 422 g/mol. The lowest BCUT2D eigenvalue weighted by atomic mass is 10.1. The minimum atomic E-state index is -4.59. The van der Waals surface area contributed by atoms with Gasteiger partial charge in [0.25, 0.3) is 0 Å². The van der Waals surface area contributed by atoms with Crippen LogP contribution in [-0.4, -0.2) is 24.2 Å². The molecule has 0 amide bonds. The molecule has 0 aliphatic rings. The molecule has 0 spiro atoms. The summed E-state index contributed by atoms with van der Waals surface area (Å²) in [5.74, 6) is 0.0960. The molecule has 0 saturated carbocycles. The largest absolute Gasteiger partial charge is 0.434 e. The van der Waals surface area contributed by atoms with Gasteiger partial charge >= 0.3 is 6.18 Å². The topological polar surface area (TPSA) is 52.0 Å². The van der Waals surface area contributed by atoms with Gasteiger partial charge in [-0.05, 0) is 54.8 Å². The summed E-state index contributed by atoms with van der Waals surface area (Å²) < 4.78 is 64.5. The van der Waals surface area contributed by atoms with E-state index in [9.17, 15) is 21.6 Å². The Hall–Kier alpha value is -2.61. The zero-order valence-corrected chi connectivity index (χ0v) is 16.9. The number of sulfone groups is 1. The predicted molar refractivity (Wildman–Crippen MR) is 106 cm³/mol. The van der Waals surface area contributed by atoms with Gasteiger partial charge in [0.15, 0.2) is 15.5 Å². The predicted octanol–water partition coefficient (Wildman–Crippen LogP) is 5.30. The fourth-order valence-electron chi connectivity index (χ4n) is 2.97. The fraction of sp³-hybridized carbons (Fsp3) is 0.286. The highest BCUT2D eigenvalue weighted by Crippen LogP contribution is 2.33. The number of unbranched alkanes of at least 4 members (excludes halogenated alkanes) is 1. The van der Waals surface area contributed by atoms with E-state index in [0.717, 1.165) is 37.3 Å². The number of imidazole rings is 1. The minimum absolute atomic E-state index is 0.0932. The first-order valence-corrected chi connectivity index (χ1v) is 11.0. The van der Waals surface area contributed by atoms with Gasteiger partial charge in [-0.2, -0.15) is 13.2 Å². The number of hydrogen-bond donors (Lipinski definition) is 0. The Morgan fingerprint density at radius 2 is 1.62 bits per heavy atom. The van der Waals surface area contributed by atoms with Gasteiger partial charge in [-0.15, -0.1) is 0 Å². The summed E-state index contributed by atoms with van der Waals surface area (Å²) in [6.07, 6.45) is 0.458. The fourth-order valence-corrected chi connectivity index (χ4v) is 3.60. The van der Waals surface area contributed by atoms with Crippen molar-refractivity contribution >= 4 is 9.84 Å². The molecule has 0 atom stereocenters. The highest BCUT2D eigenvalue weighted by Gasteiger charge is 2.35. The third-order valence-corrected chi connectivity index (χ3v) is 5.70. The van der Waals surface area contributed by atoms with Gasteiger partial charge in [0.1, 0.15) is 5.82 Å². The quantitative estimate of drug-likeness (QED) is 0.541. The molecule has 0 saturated heterocycles. The van der Waals surface area contributed by atoms with Crippen molar-refractivity contribution in [3.8, 4) is 17.1 Å². The summed E-state index contributed by atoms with van der Waals surface area (Å²) in [4.78, 5) is 3.87. The summed E-state index contributed by atoms with van der Waals surface area (Å²) >= 11 is 0. The normalized spacial score (nSPS) is 12.3. The molecule has 0 fully saturated rings. The van der Waals surface area contributed by atoms with Gasteiger partial charge in [-0.3, -0.25) is 4.57 Å². The average molecular weight is 422 g/mol. The lowest BCUT2D eigenvalue weighted by Gasteiger charge is -2.09. The number of halogens is 3. The van der Waals surface area contributed by atoms with E-state index in [1.807, 2.05) is 12.1 Å². The molecule has 29 heavy (non-hydrogen) atoms. The minimum Gasteiger partial charge on any atom is -0.299 e. The number of alkyl halides is 3. The van der Waals surface area contributed by atoms with Crippen LogP contribution in [0.1, 0.15) is 31.0 Å². The van der Waals surface area contributed by atoms with Crippen LogP contribution in [0.2, 0.25) is 0 Å². The summed E-state index contributed by atoms with van der Waals surface area (Å²) in [5, 5.41) is 0. The highest BCUT2D eigenvalue weighted by molar-refractivity contribution is 7.90. The van der Waals surface area contributed by atoms with E-state index in [1.165, 1.54) is 28.8 Å².